The highest BCUT2D eigenvalue weighted by Gasteiger charge is 2.06. The smallest absolute Gasteiger partial charge is 0.147 e. The fraction of sp³-hybridized carbons (Fsp3) is 0.100. The molecule has 5 heteroatoms. The Hall–Kier alpha value is -1.49. The third kappa shape index (κ3) is 1.97. The molecule has 0 radical (unpaired) electrons. The summed E-state index contributed by atoms with van der Waals surface area (Å²) < 4.78 is 14.4. The first-order valence-corrected chi connectivity index (χ1v) is 5.58. The Balaban J connectivity index is 2.48. The van der Waals surface area contributed by atoms with Gasteiger partial charge in [0.1, 0.15) is 16.7 Å². The van der Waals surface area contributed by atoms with Gasteiger partial charge in [0.05, 0.1) is 5.69 Å². The van der Waals surface area contributed by atoms with E-state index in [1.165, 1.54) is 12.1 Å². The number of rotatable bonds is 2. The number of nitrogens with two attached hydrogens (primary N) is 1. The third-order valence-corrected chi connectivity index (χ3v) is 2.68. The van der Waals surface area contributed by atoms with Crippen molar-refractivity contribution in [1.82, 2.24) is 9.78 Å². The number of hydrogen-bond acceptors (Lipinski definition) is 3. The zero-order valence-corrected chi connectivity index (χ0v) is 8.96. The van der Waals surface area contributed by atoms with E-state index in [0.717, 1.165) is 10.7 Å². The van der Waals surface area contributed by atoms with Crippen LogP contribution >= 0.6 is 11.8 Å². The van der Waals surface area contributed by atoms with Crippen LogP contribution in [0.25, 0.3) is 5.69 Å². The molecule has 0 saturated carbocycles. The van der Waals surface area contributed by atoms with Crippen molar-refractivity contribution in [2.75, 3.05) is 12.0 Å². The molecule has 0 aliphatic rings. The highest BCUT2D eigenvalue weighted by atomic mass is 32.2. The lowest BCUT2D eigenvalue weighted by Gasteiger charge is -2.04. The van der Waals surface area contributed by atoms with Gasteiger partial charge < -0.3 is 5.73 Å². The maximum absolute atomic E-state index is 12.7. The van der Waals surface area contributed by atoms with E-state index in [0.29, 0.717) is 5.82 Å². The average Bonchev–Trinajstić information content (AvgIpc) is 2.61. The van der Waals surface area contributed by atoms with Gasteiger partial charge in [-0.1, -0.05) is 0 Å². The molecule has 1 aromatic heterocycles. The second kappa shape index (κ2) is 3.94. The lowest BCUT2D eigenvalue weighted by atomic mass is 10.3. The van der Waals surface area contributed by atoms with Crippen LogP contribution in [0, 0.1) is 5.82 Å². The Morgan fingerprint density at radius 1 is 1.33 bits per heavy atom. The van der Waals surface area contributed by atoms with Crippen LogP contribution in [-0.2, 0) is 0 Å². The first-order valence-electron chi connectivity index (χ1n) is 4.36. The standard InChI is InChI=1S/C10H10FN3S/c1-15-10-6-9(12)13-14(10)8-4-2-7(11)3-5-8/h2-6H,1H3,(H2,12,13). The van der Waals surface area contributed by atoms with Crippen molar-refractivity contribution in [2.45, 2.75) is 5.03 Å². The monoisotopic (exact) mass is 223 g/mol. The number of halogens is 1. The molecule has 0 spiro atoms. The van der Waals surface area contributed by atoms with Crippen molar-refractivity contribution in [1.29, 1.82) is 0 Å². The van der Waals surface area contributed by atoms with Crippen LogP contribution in [0.2, 0.25) is 0 Å². The Bertz CT molecular complexity index is 464. The SMILES string of the molecule is CSc1cc(N)nn1-c1ccc(F)cc1. The van der Waals surface area contributed by atoms with E-state index in [2.05, 4.69) is 5.10 Å². The number of hydrogen-bond donors (Lipinski definition) is 1. The predicted molar refractivity (Wildman–Crippen MR) is 59.7 cm³/mol. The normalized spacial score (nSPS) is 10.5. The van der Waals surface area contributed by atoms with Gasteiger partial charge in [0.15, 0.2) is 0 Å². The minimum atomic E-state index is -0.260. The van der Waals surface area contributed by atoms with Crippen molar-refractivity contribution < 1.29 is 4.39 Å². The van der Waals surface area contributed by atoms with Crippen LogP contribution in [0.4, 0.5) is 10.2 Å². The van der Waals surface area contributed by atoms with Gasteiger partial charge in [-0.05, 0) is 30.5 Å². The van der Waals surface area contributed by atoms with E-state index < -0.39 is 0 Å². The highest BCUT2D eigenvalue weighted by Crippen LogP contribution is 2.21. The maximum atomic E-state index is 12.7. The topological polar surface area (TPSA) is 43.8 Å². The fourth-order valence-corrected chi connectivity index (χ4v) is 1.85. The lowest BCUT2D eigenvalue weighted by molar-refractivity contribution is 0.626. The summed E-state index contributed by atoms with van der Waals surface area (Å²) in [6, 6.07) is 7.92. The molecule has 0 aliphatic heterocycles. The molecule has 0 fully saturated rings. The van der Waals surface area contributed by atoms with Crippen molar-refractivity contribution in [3.63, 3.8) is 0 Å². The molecule has 78 valence electrons. The molecule has 0 atom stereocenters. The van der Waals surface area contributed by atoms with Crippen molar-refractivity contribution in [2.24, 2.45) is 0 Å². The van der Waals surface area contributed by atoms with Crippen LogP contribution in [0.5, 0.6) is 0 Å². The molecule has 0 unspecified atom stereocenters. The van der Waals surface area contributed by atoms with Crippen LogP contribution < -0.4 is 5.73 Å². The van der Waals surface area contributed by atoms with Crippen LogP contribution in [0.15, 0.2) is 35.4 Å². The molecule has 0 aliphatic carbocycles. The zero-order chi connectivity index (χ0) is 10.8. The summed E-state index contributed by atoms with van der Waals surface area (Å²) in [6.45, 7) is 0. The number of thioether (sulfide) groups is 1. The fourth-order valence-electron chi connectivity index (χ4n) is 1.29. The zero-order valence-electron chi connectivity index (χ0n) is 8.14. The number of aromatic nitrogens is 2. The summed E-state index contributed by atoms with van der Waals surface area (Å²) in [4.78, 5) is 0. The van der Waals surface area contributed by atoms with Gasteiger partial charge in [-0.3, -0.25) is 0 Å². The highest BCUT2D eigenvalue weighted by molar-refractivity contribution is 7.98. The molecule has 2 aromatic rings. The first-order chi connectivity index (χ1) is 7.20. The van der Waals surface area contributed by atoms with Gasteiger partial charge in [0.2, 0.25) is 0 Å². The predicted octanol–water partition coefficient (Wildman–Crippen LogP) is 2.32. The largest absolute Gasteiger partial charge is 0.382 e. The van der Waals surface area contributed by atoms with Gasteiger partial charge in [-0.15, -0.1) is 16.9 Å². The second-order valence-corrected chi connectivity index (χ2v) is 3.83. The van der Waals surface area contributed by atoms with Crippen molar-refractivity contribution in [3.05, 3.63) is 36.1 Å². The Morgan fingerprint density at radius 3 is 2.60 bits per heavy atom. The van der Waals surface area contributed by atoms with E-state index in [9.17, 15) is 4.39 Å². The average molecular weight is 223 g/mol. The van der Waals surface area contributed by atoms with Crippen molar-refractivity contribution in [3.8, 4) is 5.69 Å². The molecular formula is C10H10FN3S. The number of nitrogen functional groups attached to an aromatic ring is 1. The van der Waals surface area contributed by atoms with E-state index in [1.807, 2.05) is 6.26 Å². The Labute approximate surface area is 91.1 Å². The van der Waals surface area contributed by atoms with E-state index in [-0.39, 0.29) is 5.82 Å². The number of benzene rings is 1. The van der Waals surface area contributed by atoms with Crippen LogP contribution in [-0.4, -0.2) is 16.0 Å². The Kier molecular flexibility index (Phi) is 2.64. The molecule has 2 rings (SSSR count). The maximum Gasteiger partial charge on any atom is 0.147 e. The van der Waals surface area contributed by atoms with Gasteiger partial charge in [0.25, 0.3) is 0 Å². The van der Waals surface area contributed by atoms with Crippen LogP contribution in [0.1, 0.15) is 0 Å². The third-order valence-electron chi connectivity index (χ3n) is 1.98. The second-order valence-electron chi connectivity index (χ2n) is 3.00. The molecule has 2 N–H and O–H groups in total. The number of nitrogens with zero attached hydrogens (tertiary/aromatic N) is 2. The molecular weight excluding hydrogens is 213 g/mol. The molecule has 3 nitrogen and oxygen atoms in total. The summed E-state index contributed by atoms with van der Waals surface area (Å²) in [6.07, 6.45) is 1.94. The summed E-state index contributed by atoms with van der Waals surface area (Å²) in [5.41, 5.74) is 6.41. The molecule has 1 aromatic carbocycles. The Morgan fingerprint density at radius 2 is 2.00 bits per heavy atom. The summed E-state index contributed by atoms with van der Waals surface area (Å²) in [5.74, 6) is 0.202. The van der Waals surface area contributed by atoms with Gasteiger partial charge in [0, 0.05) is 6.07 Å². The molecule has 0 saturated heterocycles. The molecule has 1 heterocycles. The lowest BCUT2D eigenvalue weighted by Crippen LogP contribution is -1.98. The van der Waals surface area contributed by atoms with E-state index in [4.69, 9.17) is 5.73 Å². The summed E-state index contributed by atoms with van der Waals surface area (Å²) in [5, 5.41) is 5.06. The van der Waals surface area contributed by atoms with E-state index in [1.54, 1.807) is 34.6 Å². The van der Waals surface area contributed by atoms with Gasteiger partial charge in [-0.2, -0.15) is 0 Å². The summed E-state index contributed by atoms with van der Waals surface area (Å²) in [7, 11) is 0. The quantitative estimate of drug-likeness (QED) is 0.794. The van der Waals surface area contributed by atoms with Gasteiger partial charge in [-0.25, -0.2) is 9.07 Å². The number of anilines is 1. The minimum Gasteiger partial charge on any atom is -0.382 e. The molecule has 15 heavy (non-hydrogen) atoms. The molecule has 0 amide bonds. The van der Waals surface area contributed by atoms with Gasteiger partial charge >= 0.3 is 0 Å². The van der Waals surface area contributed by atoms with E-state index >= 15 is 0 Å². The van der Waals surface area contributed by atoms with Crippen LogP contribution in [0.3, 0.4) is 0 Å². The minimum absolute atomic E-state index is 0.260. The summed E-state index contributed by atoms with van der Waals surface area (Å²) >= 11 is 1.54. The molecule has 0 bridgehead atoms. The van der Waals surface area contributed by atoms with Crippen molar-refractivity contribution >= 4 is 17.6 Å². The first kappa shape index (κ1) is 10.0.